The summed E-state index contributed by atoms with van der Waals surface area (Å²) in [6, 6.07) is 2.04. The van der Waals surface area contributed by atoms with Crippen molar-refractivity contribution in [3.8, 4) is 0 Å². The molecule has 1 aromatic rings. The van der Waals surface area contributed by atoms with E-state index in [1.165, 1.54) is 32.1 Å². The SMILES string of the molecule is CN=C(NCc1cc(C(C)C)no1)N1CCC2(CCCC2)C1.I. The van der Waals surface area contributed by atoms with Gasteiger partial charge in [-0.2, -0.15) is 0 Å². The second kappa shape index (κ2) is 7.85. The van der Waals surface area contributed by atoms with E-state index < -0.39 is 0 Å². The summed E-state index contributed by atoms with van der Waals surface area (Å²) in [6.45, 7) is 7.17. The summed E-state index contributed by atoms with van der Waals surface area (Å²) in [5.74, 6) is 2.27. The minimum Gasteiger partial charge on any atom is -0.359 e. The first-order valence-electron chi connectivity index (χ1n) is 8.53. The Morgan fingerprint density at radius 3 is 2.74 bits per heavy atom. The monoisotopic (exact) mass is 432 g/mol. The second-order valence-corrected chi connectivity index (χ2v) is 7.15. The molecule has 5 nitrogen and oxygen atoms in total. The van der Waals surface area contributed by atoms with E-state index in [9.17, 15) is 0 Å². The van der Waals surface area contributed by atoms with Crippen LogP contribution in [-0.2, 0) is 6.54 Å². The maximum atomic E-state index is 5.39. The van der Waals surface area contributed by atoms with Crippen LogP contribution in [0.25, 0.3) is 0 Å². The van der Waals surface area contributed by atoms with Crippen molar-refractivity contribution in [1.29, 1.82) is 0 Å². The summed E-state index contributed by atoms with van der Waals surface area (Å²) in [6.07, 6.45) is 6.89. The van der Waals surface area contributed by atoms with Gasteiger partial charge in [-0.15, -0.1) is 24.0 Å². The molecular formula is C17H29IN4O. The minimum absolute atomic E-state index is 0. The molecule has 1 N–H and O–H groups in total. The molecule has 0 radical (unpaired) electrons. The molecule has 2 heterocycles. The number of aliphatic imine (C=N–C) groups is 1. The molecule has 130 valence electrons. The molecule has 23 heavy (non-hydrogen) atoms. The molecule has 1 saturated heterocycles. The lowest BCUT2D eigenvalue weighted by molar-refractivity contribution is 0.308. The first-order chi connectivity index (χ1) is 10.6. The van der Waals surface area contributed by atoms with Crippen LogP contribution in [0.15, 0.2) is 15.6 Å². The van der Waals surface area contributed by atoms with Gasteiger partial charge in [0.1, 0.15) is 0 Å². The van der Waals surface area contributed by atoms with Gasteiger partial charge in [0.05, 0.1) is 12.2 Å². The lowest BCUT2D eigenvalue weighted by Crippen LogP contribution is -2.40. The van der Waals surface area contributed by atoms with Gasteiger partial charge in [0.25, 0.3) is 0 Å². The van der Waals surface area contributed by atoms with Gasteiger partial charge >= 0.3 is 0 Å². The van der Waals surface area contributed by atoms with Gasteiger partial charge in [-0.05, 0) is 30.6 Å². The third kappa shape index (κ3) is 4.19. The molecule has 0 unspecified atom stereocenters. The fourth-order valence-corrected chi connectivity index (χ4v) is 3.83. The van der Waals surface area contributed by atoms with Crippen molar-refractivity contribution in [2.75, 3.05) is 20.1 Å². The number of nitrogens with one attached hydrogen (secondary N) is 1. The molecular weight excluding hydrogens is 403 g/mol. The summed E-state index contributed by atoms with van der Waals surface area (Å²) in [7, 11) is 1.86. The third-order valence-electron chi connectivity index (χ3n) is 5.20. The fraction of sp³-hybridized carbons (Fsp3) is 0.765. The van der Waals surface area contributed by atoms with Gasteiger partial charge in [-0.3, -0.25) is 4.99 Å². The Labute approximate surface area is 156 Å². The van der Waals surface area contributed by atoms with Crippen molar-refractivity contribution < 1.29 is 4.52 Å². The van der Waals surface area contributed by atoms with E-state index in [4.69, 9.17) is 4.52 Å². The fourth-order valence-electron chi connectivity index (χ4n) is 3.83. The van der Waals surface area contributed by atoms with Crippen LogP contribution in [-0.4, -0.2) is 36.2 Å². The van der Waals surface area contributed by atoms with Crippen molar-refractivity contribution in [2.45, 2.75) is 58.4 Å². The van der Waals surface area contributed by atoms with E-state index >= 15 is 0 Å². The Morgan fingerprint density at radius 2 is 2.13 bits per heavy atom. The van der Waals surface area contributed by atoms with Crippen LogP contribution in [0.3, 0.4) is 0 Å². The highest BCUT2D eigenvalue weighted by atomic mass is 127. The molecule has 1 spiro atoms. The average molecular weight is 432 g/mol. The molecule has 0 aromatic carbocycles. The molecule has 0 atom stereocenters. The number of guanidine groups is 1. The van der Waals surface area contributed by atoms with E-state index in [-0.39, 0.29) is 24.0 Å². The van der Waals surface area contributed by atoms with Crippen LogP contribution in [0.2, 0.25) is 0 Å². The molecule has 1 aromatic heterocycles. The number of nitrogens with zero attached hydrogens (tertiary/aromatic N) is 3. The van der Waals surface area contributed by atoms with Crippen molar-refractivity contribution >= 4 is 29.9 Å². The molecule has 3 rings (SSSR count). The topological polar surface area (TPSA) is 53.7 Å². The number of hydrogen-bond donors (Lipinski definition) is 1. The predicted octanol–water partition coefficient (Wildman–Crippen LogP) is 3.76. The van der Waals surface area contributed by atoms with Crippen LogP contribution >= 0.6 is 24.0 Å². The molecule has 0 bridgehead atoms. The third-order valence-corrected chi connectivity index (χ3v) is 5.20. The summed E-state index contributed by atoms with van der Waals surface area (Å²) in [5.41, 5.74) is 1.58. The van der Waals surface area contributed by atoms with Crippen molar-refractivity contribution in [3.05, 3.63) is 17.5 Å². The standard InChI is InChI=1S/C17H28N4O.HI/c1-13(2)15-10-14(22-20-15)11-19-16(18-3)21-9-8-17(12-21)6-4-5-7-17;/h10,13H,4-9,11-12H2,1-3H3,(H,18,19);1H. The highest BCUT2D eigenvalue weighted by Gasteiger charge is 2.41. The second-order valence-electron chi connectivity index (χ2n) is 7.15. The largest absolute Gasteiger partial charge is 0.359 e. The number of likely N-dealkylation sites (tertiary alicyclic amines) is 1. The summed E-state index contributed by atoms with van der Waals surface area (Å²) >= 11 is 0. The number of rotatable bonds is 3. The van der Waals surface area contributed by atoms with Crippen LogP contribution in [0.1, 0.15) is 63.3 Å². The maximum absolute atomic E-state index is 5.39. The van der Waals surface area contributed by atoms with Gasteiger partial charge in [-0.1, -0.05) is 31.8 Å². The summed E-state index contributed by atoms with van der Waals surface area (Å²) in [5, 5.41) is 7.53. The number of hydrogen-bond acceptors (Lipinski definition) is 3. The van der Waals surface area contributed by atoms with E-state index in [1.54, 1.807) is 0 Å². The zero-order valence-corrected chi connectivity index (χ0v) is 16.8. The highest BCUT2D eigenvalue weighted by Crippen LogP contribution is 2.45. The molecule has 2 aliphatic rings. The van der Waals surface area contributed by atoms with Gasteiger partial charge in [0.2, 0.25) is 0 Å². The van der Waals surface area contributed by atoms with Crippen LogP contribution < -0.4 is 5.32 Å². The summed E-state index contributed by atoms with van der Waals surface area (Å²) < 4.78 is 5.39. The van der Waals surface area contributed by atoms with E-state index in [1.807, 2.05) is 13.1 Å². The number of aromatic nitrogens is 1. The summed E-state index contributed by atoms with van der Waals surface area (Å²) in [4.78, 5) is 6.86. The Bertz CT molecular complexity index is 534. The van der Waals surface area contributed by atoms with Gasteiger partial charge in [0.15, 0.2) is 11.7 Å². The Morgan fingerprint density at radius 1 is 1.39 bits per heavy atom. The smallest absolute Gasteiger partial charge is 0.194 e. The molecule has 1 aliphatic carbocycles. The Hall–Kier alpha value is -0.790. The van der Waals surface area contributed by atoms with Gasteiger partial charge < -0.3 is 14.7 Å². The molecule has 1 aliphatic heterocycles. The maximum Gasteiger partial charge on any atom is 0.194 e. The normalized spacial score (nSPS) is 20.3. The predicted molar refractivity (Wildman–Crippen MR) is 103 cm³/mol. The minimum atomic E-state index is 0. The first-order valence-corrected chi connectivity index (χ1v) is 8.53. The van der Waals surface area contributed by atoms with E-state index in [0.29, 0.717) is 17.9 Å². The van der Waals surface area contributed by atoms with Crippen LogP contribution in [0, 0.1) is 5.41 Å². The highest BCUT2D eigenvalue weighted by molar-refractivity contribution is 14.0. The molecule has 2 fully saturated rings. The van der Waals surface area contributed by atoms with Crippen molar-refractivity contribution in [1.82, 2.24) is 15.4 Å². The zero-order chi connectivity index (χ0) is 15.6. The molecule has 6 heteroatoms. The lowest BCUT2D eigenvalue weighted by Gasteiger charge is -2.25. The van der Waals surface area contributed by atoms with Crippen molar-refractivity contribution in [2.24, 2.45) is 10.4 Å². The van der Waals surface area contributed by atoms with Crippen LogP contribution in [0.5, 0.6) is 0 Å². The van der Waals surface area contributed by atoms with Gasteiger partial charge in [-0.25, -0.2) is 0 Å². The van der Waals surface area contributed by atoms with Gasteiger partial charge in [0, 0.05) is 26.2 Å². The quantitative estimate of drug-likeness (QED) is 0.449. The first kappa shape index (κ1) is 18.5. The average Bonchev–Trinajstić information content (AvgIpc) is 3.23. The molecule has 1 saturated carbocycles. The molecule has 0 amide bonds. The Kier molecular flexibility index (Phi) is 6.33. The van der Waals surface area contributed by atoms with E-state index in [2.05, 4.69) is 34.2 Å². The van der Waals surface area contributed by atoms with E-state index in [0.717, 1.165) is 30.5 Å². The van der Waals surface area contributed by atoms with Crippen LogP contribution in [0.4, 0.5) is 0 Å². The Balaban J connectivity index is 0.00000192. The lowest BCUT2D eigenvalue weighted by atomic mass is 9.86. The zero-order valence-electron chi connectivity index (χ0n) is 14.5. The van der Waals surface area contributed by atoms with Crippen molar-refractivity contribution in [3.63, 3.8) is 0 Å². The number of halogens is 1.